The summed E-state index contributed by atoms with van der Waals surface area (Å²) in [6, 6.07) is -1.11. The van der Waals surface area contributed by atoms with Crippen LogP contribution in [-0.4, -0.2) is 56.0 Å². The SMILES string of the molecule is CCc1nnc(N2C(=O)CC(SCC(NC(C)=O)C(=O)O)C2=O)s1. The van der Waals surface area contributed by atoms with E-state index in [-0.39, 0.29) is 23.2 Å². The molecule has 0 bridgehead atoms. The first-order chi connectivity index (χ1) is 11.3. The van der Waals surface area contributed by atoms with Crippen LogP contribution in [0, 0.1) is 0 Å². The maximum absolute atomic E-state index is 12.4. The van der Waals surface area contributed by atoms with Crippen molar-refractivity contribution in [2.75, 3.05) is 10.7 Å². The molecule has 0 aromatic carbocycles. The van der Waals surface area contributed by atoms with Gasteiger partial charge in [0.05, 0.1) is 5.25 Å². The number of rotatable bonds is 7. The highest BCUT2D eigenvalue weighted by molar-refractivity contribution is 8.00. The molecule has 2 atom stereocenters. The van der Waals surface area contributed by atoms with Gasteiger partial charge in [-0.05, 0) is 6.42 Å². The van der Waals surface area contributed by atoms with Crippen LogP contribution in [0.25, 0.3) is 0 Å². The minimum absolute atomic E-state index is 0.0111. The number of carbonyl (C=O) groups is 4. The first-order valence-corrected chi connectivity index (χ1v) is 9.00. The fraction of sp³-hybridized carbons (Fsp3) is 0.538. The average Bonchev–Trinajstić information content (AvgIpc) is 3.07. The molecule has 2 N–H and O–H groups in total. The number of imide groups is 1. The molecule has 9 nitrogen and oxygen atoms in total. The summed E-state index contributed by atoms with van der Waals surface area (Å²) in [6.45, 7) is 3.11. The Bertz CT molecular complexity index is 677. The predicted molar refractivity (Wildman–Crippen MR) is 87.9 cm³/mol. The van der Waals surface area contributed by atoms with Crippen LogP contribution in [0.15, 0.2) is 0 Å². The van der Waals surface area contributed by atoms with Gasteiger partial charge in [0.15, 0.2) is 0 Å². The Kier molecular flexibility index (Phi) is 5.89. The lowest BCUT2D eigenvalue weighted by atomic mass is 10.3. The van der Waals surface area contributed by atoms with E-state index in [4.69, 9.17) is 5.11 Å². The van der Waals surface area contributed by atoms with Crippen LogP contribution < -0.4 is 10.2 Å². The van der Waals surface area contributed by atoms with Crippen LogP contribution in [0.4, 0.5) is 5.13 Å². The number of aryl methyl sites for hydroxylation is 1. The quantitative estimate of drug-likeness (QED) is 0.643. The molecule has 2 unspecified atom stereocenters. The number of aliphatic carboxylic acids is 1. The van der Waals surface area contributed by atoms with Gasteiger partial charge in [-0.1, -0.05) is 18.3 Å². The lowest BCUT2D eigenvalue weighted by Crippen LogP contribution is -2.42. The Hall–Kier alpha value is -2.01. The van der Waals surface area contributed by atoms with Gasteiger partial charge in [-0.2, -0.15) is 0 Å². The molecule has 2 heterocycles. The van der Waals surface area contributed by atoms with Crippen molar-refractivity contribution < 1.29 is 24.3 Å². The van der Waals surface area contributed by atoms with Crippen LogP contribution in [0.5, 0.6) is 0 Å². The number of carboxylic acid groups (broad SMARTS) is 1. The summed E-state index contributed by atoms with van der Waals surface area (Å²) in [5.41, 5.74) is 0. The first kappa shape index (κ1) is 18.3. The zero-order valence-electron chi connectivity index (χ0n) is 13.0. The van der Waals surface area contributed by atoms with Gasteiger partial charge in [-0.25, -0.2) is 9.69 Å². The zero-order valence-corrected chi connectivity index (χ0v) is 14.6. The van der Waals surface area contributed by atoms with Gasteiger partial charge in [0.2, 0.25) is 22.9 Å². The molecule has 1 aromatic heterocycles. The number of amides is 3. The van der Waals surface area contributed by atoms with Crippen LogP contribution in [0.1, 0.15) is 25.3 Å². The Balaban J connectivity index is 2.02. The van der Waals surface area contributed by atoms with Crippen molar-refractivity contribution >= 4 is 51.9 Å². The van der Waals surface area contributed by atoms with Gasteiger partial charge in [-0.15, -0.1) is 22.0 Å². The molecule has 1 aliphatic heterocycles. The average molecular weight is 372 g/mol. The van der Waals surface area contributed by atoms with Crippen molar-refractivity contribution in [1.82, 2.24) is 15.5 Å². The Morgan fingerprint density at radius 2 is 2.17 bits per heavy atom. The number of nitrogens with zero attached hydrogens (tertiary/aromatic N) is 3. The van der Waals surface area contributed by atoms with E-state index in [1.807, 2.05) is 6.92 Å². The molecule has 2 rings (SSSR count). The van der Waals surface area contributed by atoms with Gasteiger partial charge in [0.1, 0.15) is 11.0 Å². The molecule has 0 saturated carbocycles. The van der Waals surface area contributed by atoms with Gasteiger partial charge in [0.25, 0.3) is 0 Å². The molecule has 0 radical (unpaired) electrons. The third-order valence-electron chi connectivity index (χ3n) is 3.19. The number of nitrogens with one attached hydrogen (secondary N) is 1. The maximum atomic E-state index is 12.4. The molecule has 11 heteroatoms. The van der Waals surface area contributed by atoms with Crippen molar-refractivity contribution in [3.63, 3.8) is 0 Å². The summed E-state index contributed by atoms with van der Waals surface area (Å²) >= 11 is 2.21. The van der Waals surface area contributed by atoms with Crippen molar-refractivity contribution in [3.05, 3.63) is 5.01 Å². The first-order valence-electron chi connectivity index (χ1n) is 7.14. The van der Waals surface area contributed by atoms with Gasteiger partial charge >= 0.3 is 5.97 Å². The molecule has 0 aliphatic carbocycles. The molecule has 3 amide bonds. The van der Waals surface area contributed by atoms with E-state index in [2.05, 4.69) is 15.5 Å². The molecule has 24 heavy (non-hydrogen) atoms. The minimum atomic E-state index is -1.19. The normalized spacial score (nSPS) is 18.8. The number of anilines is 1. The fourth-order valence-electron chi connectivity index (χ4n) is 2.05. The van der Waals surface area contributed by atoms with Crippen LogP contribution in [0.2, 0.25) is 0 Å². The monoisotopic (exact) mass is 372 g/mol. The van der Waals surface area contributed by atoms with Crippen molar-refractivity contribution in [2.24, 2.45) is 0 Å². The minimum Gasteiger partial charge on any atom is -0.480 e. The second-order valence-electron chi connectivity index (χ2n) is 5.02. The number of carbonyl (C=O) groups excluding carboxylic acids is 3. The molecule has 130 valence electrons. The molecular weight excluding hydrogens is 356 g/mol. The highest BCUT2D eigenvalue weighted by Crippen LogP contribution is 2.31. The molecule has 0 spiro atoms. The largest absolute Gasteiger partial charge is 0.480 e. The molecule has 1 fully saturated rings. The lowest BCUT2D eigenvalue weighted by Gasteiger charge is -2.15. The smallest absolute Gasteiger partial charge is 0.327 e. The number of aromatic nitrogens is 2. The summed E-state index contributed by atoms with van der Waals surface area (Å²) < 4.78 is 0. The fourth-order valence-corrected chi connectivity index (χ4v) is 4.01. The number of carboxylic acids is 1. The van der Waals surface area contributed by atoms with E-state index >= 15 is 0 Å². The molecular formula is C13H16N4O5S2. The summed E-state index contributed by atoms with van der Waals surface area (Å²) in [5, 5.41) is 19.4. The van der Waals surface area contributed by atoms with Crippen LogP contribution >= 0.6 is 23.1 Å². The Morgan fingerprint density at radius 1 is 1.46 bits per heavy atom. The number of hydrogen-bond acceptors (Lipinski definition) is 8. The van der Waals surface area contributed by atoms with Crippen LogP contribution in [-0.2, 0) is 25.6 Å². The van der Waals surface area contributed by atoms with E-state index in [9.17, 15) is 19.2 Å². The number of hydrogen-bond donors (Lipinski definition) is 2. The lowest BCUT2D eigenvalue weighted by molar-refractivity contribution is -0.140. The summed E-state index contributed by atoms with van der Waals surface area (Å²) in [4.78, 5) is 47.6. The van der Waals surface area contributed by atoms with Crippen molar-refractivity contribution in [2.45, 2.75) is 38.0 Å². The Morgan fingerprint density at radius 3 is 2.71 bits per heavy atom. The summed E-state index contributed by atoms with van der Waals surface area (Å²) in [7, 11) is 0. The number of thioether (sulfide) groups is 1. The third kappa shape index (κ3) is 4.09. The van der Waals surface area contributed by atoms with Gasteiger partial charge in [0, 0.05) is 19.1 Å². The molecule has 1 aromatic rings. The topological polar surface area (TPSA) is 130 Å². The van der Waals surface area contributed by atoms with E-state index in [1.54, 1.807) is 0 Å². The van der Waals surface area contributed by atoms with Gasteiger partial charge in [-0.3, -0.25) is 14.4 Å². The van der Waals surface area contributed by atoms with E-state index < -0.39 is 29.1 Å². The second-order valence-corrected chi connectivity index (χ2v) is 7.29. The van der Waals surface area contributed by atoms with E-state index in [0.29, 0.717) is 6.42 Å². The van der Waals surface area contributed by atoms with E-state index in [0.717, 1.165) is 21.7 Å². The Labute approximate surface area is 145 Å². The maximum Gasteiger partial charge on any atom is 0.327 e. The summed E-state index contributed by atoms with van der Waals surface area (Å²) in [6.07, 6.45) is 0.625. The standard InChI is InChI=1S/C13H16N4O5S2/c1-3-9-15-16-13(24-9)17-10(19)4-8(11(17)20)23-5-7(12(21)22)14-6(2)18/h7-8H,3-5H2,1-2H3,(H,14,18)(H,21,22). The second kappa shape index (κ2) is 7.71. The molecule has 1 saturated heterocycles. The predicted octanol–water partition coefficient (Wildman–Crippen LogP) is 0.0549. The summed E-state index contributed by atoms with van der Waals surface area (Å²) in [5.74, 6) is -2.50. The van der Waals surface area contributed by atoms with Gasteiger partial charge < -0.3 is 10.4 Å². The highest BCUT2D eigenvalue weighted by Gasteiger charge is 2.42. The van der Waals surface area contributed by atoms with Crippen molar-refractivity contribution in [1.29, 1.82) is 0 Å². The zero-order chi connectivity index (χ0) is 17.9. The van der Waals surface area contributed by atoms with Crippen LogP contribution in [0.3, 0.4) is 0 Å². The molecule has 1 aliphatic rings. The van der Waals surface area contributed by atoms with E-state index in [1.165, 1.54) is 18.3 Å². The highest BCUT2D eigenvalue weighted by atomic mass is 32.2. The third-order valence-corrected chi connectivity index (χ3v) is 5.54. The van der Waals surface area contributed by atoms with Crippen molar-refractivity contribution in [3.8, 4) is 0 Å².